The summed E-state index contributed by atoms with van der Waals surface area (Å²) in [4.78, 5) is 43.9. The van der Waals surface area contributed by atoms with Crippen LogP contribution in [-0.4, -0.2) is 60.5 Å². The molecule has 4 aromatic heterocycles. The summed E-state index contributed by atoms with van der Waals surface area (Å²) in [6, 6.07) is 1.82. The number of thiazole rings is 1. The number of nitrogens with one attached hydrogen (secondary N) is 1. The van der Waals surface area contributed by atoms with Crippen LogP contribution < -0.4 is 11.1 Å². The van der Waals surface area contributed by atoms with E-state index in [1.165, 1.54) is 22.7 Å². The standard InChI is InChI=1S/C23H24N8O3S2/c1-11-9-35-22(17(11)19(24)32)26-20(33)15-10-36-21(25-15)14-4-6-30(7-5-14)23(34)18-13(3)31-16(27-28-18)8-12(2)29-31/h8-10,14H,4-7H2,1-3H3,(H2,24,32)(H,26,33). The molecule has 0 radical (unpaired) electrons. The third kappa shape index (κ3) is 4.35. The summed E-state index contributed by atoms with van der Waals surface area (Å²) in [5.74, 6) is -0.976. The minimum atomic E-state index is -0.579. The number of rotatable bonds is 5. The topological polar surface area (TPSA) is 148 Å². The van der Waals surface area contributed by atoms with Crippen LogP contribution in [0.4, 0.5) is 5.00 Å². The minimum absolute atomic E-state index is 0.147. The third-order valence-electron chi connectivity index (χ3n) is 6.26. The third-order valence-corrected chi connectivity index (χ3v) is 8.28. The molecule has 5 rings (SSSR count). The minimum Gasteiger partial charge on any atom is -0.365 e. The number of fused-ring (bicyclic) bond motifs is 1. The molecule has 0 atom stereocenters. The lowest BCUT2D eigenvalue weighted by Crippen LogP contribution is -2.39. The predicted molar refractivity (Wildman–Crippen MR) is 136 cm³/mol. The molecule has 1 saturated heterocycles. The van der Waals surface area contributed by atoms with Gasteiger partial charge in [0.15, 0.2) is 11.3 Å². The molecule has 0 spiro atoms. The molecule has 3 N–H and O–H groups in total. The van der Waals surface area contributed by atoms with Crippen LogP contribution in [-0.2, 0) is 0 Å². The molecule has 36 heavy (non-hydrogen) atoms. The number of thiophene rings is 1. The van der Waals surface area contributed by atoms with E-state index in [4.69, 9.17) is 5.73 Å². The van der Waals surface area contributed by atoms with Gasteiger partial charge in [-0.3, -0.25) is 14.4 Å². The predicted octanol–water partition coefficient (Wildman–Crippen LogP) is 2.94. The number of amides is 3. The van der Waals surface area contributed by atoms with E-state index in [2.05, 4.69) is 25.6 Å². The van der Waals surface area contributed by atoms with Crippen LogP contribution in [0.1, 0.15) is 72.1 Å². The quantitative estimate of drug-likeness (QED) is 0.408. The maximum atomic E-state index is 13.1. The van der Waals surface area contributed by atoms with Crippen molar-refractivity contribution in [1.82, 2.24) is 29.7 Å². The summed E-state index contributed by atoms with van der Waals surface area (Å²) < 4.78 is 1.65. The van der Waals surface area contributed by atoms with E-state index in [9.17, 15) is 14.4 Å². The fraction of sp³-hybridized carbons (Fsp3) is 0.348. The van der Waals surface area contributed by atoms with E-state index >= 15 is 0 Å². The maximum Gasteiger partial charge on any atom is 0.276 e. The van der Waals surface area contributed by atoms with Gasteiger partial charge in [0.25, 0.3) is 17.7 Å². The van der Waals surface area contributed by atoms with Crippen LogP contribution in [0.3, 0.4) is 0 Å². The second kappa shape index (κ2) is 9.39. The van der Waals surface area contributed by atoms with Crippen molar-refractivity contribution in [2.75, 3.05) is 18.4 Å². The Hall–Kier alpha value is -3.71. The van der Waals surface area contributed by atoms with Crippen molar-refractivity contribution in [3.8, 4) is 0 Å². The van der Waals surface area contributed by atoms with Gasteiger partial charge in [-0.2, -0.15) is 5.10 Å². The van der Waals surface area contributed by atoms with Crippen LogP contribution >= 0.6 is 22.7 Å². The molecule has 5 heterocycles. The van der Waals surface area contributed by atoms with Crippen LogP contribution in [0.2, 0.25) is 0 Å². The Morgan fingerprint density at radius 3 is 2.56 bits per heavy atom. The number of hydrogen-bond donors (Lipinski definition) is 2. The zero-order chi connectivity index (χ0) is 25.6. The van der Waals surface area contributed by atoms with Crippen LogP contribution in [0.5, 0.6) is 0 Å². The van der Waals surface area contributed by atoms with Crippen molar-refractivity contribution in [2.24, 2.45) is 5.73 Å². The Kier molecular flexibility index (Phi) is 6.26. The lowest BCUT2D eigenvalue weighted by atomic mass is 9.97. The molecule has 1 aliphatic rings. The van der Waals surface area contributed by atoms with Crippen LogP contribution in [0.15, 0.2) is 16.8 Å². The van der Waals surface area contributed by atoms with E-state index in [1.54, 1.807) is 27.1 Å². The molecule has 1 fully saturated rings. The lowest BCUT2D eigenvalue weighted by molar-refractivity contribution is 0.0703. The Morgan fingerprint density at radius 1 is 1.08 bits per heavy atom. The first kappa shape index (κ1) is 24.0. The zero-order valence-corrected chi connectivity index (χ0v) is 21.6. The summed E-state index contributed by atoms with van der Waals surface area (Å²) in [6.45, 7) is 6.57. The van der Waals surface area contributed by atoms with E-state index in [-0.39, 0.29) is 17.7 Å². The number of carbonyl (C=O) groups is 3. The summed E-state index contributed by atoms with van der Waals surface area (Å²) in [5.41, 5.74) is 9.18. The first-order valence-corrected chi connectivity index (χ1v) is 13.1. The van der Waals surface area contributed by atoms with Gasteiger partial charge in [0, 0.05) is 30.5 Å². The van der Waals surface area contributed by atoms with E-state index < -0.39 is 5.91 Å². The van der Waals surface area contributed by atoms with Gasteiger partial charge in [-0.05, 0) is 44.6 Å². The molecule has 0 unspecified atom stereocenters. The highest BCUT2D eigenvalue weighted by Crippen LogP contribution is 2.32. The van der Waals surface area contributed by atoms with Crippen molar-refractivity contribution in [3.63, 3.8) is 0 Å². The number of nitrogens with zero attached hydrogens (tertiary/aromatic N) is 6. The Morgan fingerprint density at radius 2 is 1.83 bits per heavy atom. The van der Waals surface area contributed by atoms with Crippen LogP contribution in [0.25, 0.3) is 5.65 Å². The number of anilines is 1. The number of hydrogen-bond acceptors (Lipinski definition) is 9. The van der Waals surface area contributed by atoms with Crippen molar-refractivity contribution < 1.29 is 14.4 Å². The number of nitrogens with two attached hydrogens (primary N) is 1. The van der Waals surface area contributed by atoms with E-state index in [0.717, 1.165) is 29.1 Å². The van der Waals surface area contributed by atoms with Gasteiger partial charge < -0.3 is 16.0 Å². The summed E-state index contributed by atoms with van der Waals surface area (Å²) in [6.07, 6.45) is 1.46. The zero-order valence-electron chi connectivity index (χ0n) is 19.9. The van der Waals surface area contributed by atoms with Gasteiger partial charge >= 0.3 is 0 Å². The fourth-order valence-corrected chi connectivity index (χ4v) is 6.26. The molecule has 13 heteroatoms. The first-order valence-electron chi connectivity index (χ1n) is 11.4. The highest BCUT2D eigenvalue weighted by Gasteiger charge is 2.29. The SMILES string of the molecule is Cc1cc2nnc(C(=O)N3CCC(c4nc(C(=O)Nc5scc(C)c5C(N)=O)cs4)CC3)c(C)n2n1. The second-order valence-corrected chi connectivity index (χ2v) is 10.5. The van der Waals surface area contributed by atoms with Crippen molar-refractivity contribution >= 4 is 51.0 Å². The largest absolute Gasteiger partial charge is 0.365 e. The van der Waals surface area contributed by atoms with Gasteiger partial charge in [0.05, 0.1) is 22.0 Å². The van der Waals surface area contributed by atoms with Gasteiger partial charge in [-0.25, -0.2) is 9.50 Å². The molecule has 1 aliphatic heterocycles. The number of piperidine rings is 1. The second-order valence-electron chi connectivity index (χ2n) is 8.77. The number of carbonyl (C=O) groups excluding carboxylic acids is 3. The first-order chi connectivity index (χ1) is 17.2. The van der Waals surface area contributed by atoms with Crippen LogP contribution in [0, 0.1) is 20.8 Å². The Bertz CT molecular complexity index is 1500. The smallest absolute Gasteiger partial charge is 0.276 e. The molecule has 4 aromatic rings. The van der Waals surface area contributed by atoms with E-state index in [1.807, 2.05) is 19.9 Å². The Balaban J connectivity index is 1.23. The van der Waals surface area contributed by atoms with Crippen molar-refractivity contribution in [3.05, 3.63) is 55.7 Å². The molecular weight excluding hydrogens is 500 g/mol. The molecule has 0 aliphatic carbocycles. The average Bonchev–Trinajstić information content (AvgIpc) is 3.57. The molecule has 186 valence electrons. The number of primary amides is 1. The molecular formula is C23H24N8O3S2. The number of aryl methyl sites for hydroxylation is 3. The van der Waals surface area contributed by atoms with Gasteiger partial charge in [-0.15, -0.1) is 32.9 Å². The number of likely N-dealkylation sites (tertiary alicyclic amines) is 1. The highest BCUT2D eigenvalue weighted by molar-refractivity contribution is 7.15. The molecule has 0 aromatic carbocycles. The summed E-state index contributed by atoms with van der Waals surface area (Å²) in [5, 5.41) is 20.2. The monoisotopic (exact) mass is 524 g/mol. The van der Waals surface area contributed by atoms with Gasteiger partial charge in [0.2, 0.25) is 0 Å². The molecule has 0 saturated carbocycles. The fourth-order valence-electron chi connectivity index (χ4n) is 4.34. The normalized spacial score (nSPS) is 14.4. The molecule has 3 amide bonds. The molecule has 11 nitrogen and oxygen atoms in total. The van der Waals surface area contributed by atoms with Gasteiger partial charge in [0.1, 0.15) is 10.7 Å². The van der Waals surface area contributed by atoms with Gasteiger partial charge in [-0.1, -0.05) is 0 Å². The summed E-state index contributed by atoms with van der Waals surface area (Å²) >= 11 is 2.68. The molecule has 0 bridgehead atoms. The maximum absolute atomic E-state index is 13.1. The average molecular weight is 525 g/mol. The summed E-state index contributed by atoms with van der Waals surface area (Å²) in [7, 11) is 0. The van der Waals surface area contributed by atoms with Crippen molar-refractivity contribution in [2.45, 2.75) is 39.5 Å². The Labute approximate surface area is 214 Å². The lowest BCUT2D eigenvalue weighted by Gasteiger charge is -2.31. The highest BCUT2D eigenvalue weighted by atomic mass is 32.1. The van der Waals surface area contributed by atoms with Crippen molar-refractivity contribution in [1.29, 1.82) is 0 Å². The van der Waals surface area contributed by atoms with E-state index in [0.29, 0.717) is 46.4 Å². The number of aromatic nitrogens is 5.